The molecule has 102 valence electrons. The molecule has 1 unspecified atom stereocenters. The van der Waals surface area contributed by atoms with Gasteiger partial charge in [0.1, 0.15) is 0 Å². The van der Waals surface area contributed by atoms with Crippen molar-refractivity contribution in [1.82, 2.24) is 15.1 Å². The van der Waals surface area contributed by atoms with E-state index < -0.39 is 0 Å². The molecule has 0 aliphatic rings. The zero-order valence-electron chi connectivity index (χ0n) is 11.8. The Kier molecular flexibility index (Phi) is 5.16. The first-order chi connectivity index (χ1) is 9.33. The van der Waals surface area contributed by atoms with E-state index in [0.717, 1.165) is 25.9 Å². The van der Waals surface area contributed by atoms with Gasteiger partial charge in [0, 0.05) is 25.2 Å². The number of nitrogens with zero attached hydrogens (tertiary/aromatic N) is 2. The van der Waals surface area contributed by atoms with Crippen LogP contribution in [0.2, 0.25) is 0 Å². The van der Waals surface area contributed by atoms with Crippen molar-refractivity contribution in [1.29, 1.82) is 0 Å². The molecule has 3 heteroatoms. The van der Waals surface area contributed by atoms with E-state index in [9.17, 15) is 0 Å². The van der Waals surface area contributed by atoms with Gasteiger partial charge in [0.05, 0.1) is 6.20 Å². The van der Waals surface area contributed by atoms with E-state index in [1.807, 2.05) is 17.9 Å². The Morgan fingerprint density at radius 2 is 2.05 bits per heavy atom. The van der Waals surface area contributed by atoms with E-state index in [2.05, 4.69) is 53.9 Å². The highest BCUT2D eigenvalue weighted by molar-refractivity contribution is 5.22. The monoisotopic (exact) mass is 257 g/mol. The predicted octanol–water partition coefficient (Wildman–Crippen LogP) is 2.84. The number of aryl methyl sites for hydroxylation is 1. The standard InChI is InChI=1S/C16H23N3/c1-3-9-19-13-14(11-18-19)10-16(12-17-2)15-7-5-4-6-8-15/h4-8,11,13,16-17H,3,9-10,12H2,1-2H3. The predicted molar refractivity (Wildman–Crippen MR) is 79.3 cm³/mol. The van der Waals surface area contributed by atoms with Gasteiger partial charge in [-0.3, -0.25) is 4.68 Å². The molecule has 0 saturated heterocycles. The van der Waals surface area contributed by atoms with E-state index in [0.29, 0.717) is 5.92 Å². The molecule has 0 saturated carbocycles. The summed E-state index contributed by atoms with van der Waals surface area (Å²) in [5.74, 6) is 0.505. The Balaban J connectivity index is 2.07. The smallest absolute Gasteiger partial charge is 0.0521 e. The van der Waals surface area contributed by atoms with E-state index >= 15 is 0 Å². The molecule has 0 aliphatic carbocycles. The van der Waals surface area contributed by atoms with Crippen molar-refractivity contribution in [2.75, 3.05) is 13.6 Å². The van der Waals surface area contributed by atoms with Crippen LogP contribution in [0.5, 0.6) is 0 Å². The molecule has 1 heterocycles. The van der Waals surface area contributed by atoms with Crippen LogP contribution >= 0.6 is 0 Å². The number of aromatic nitrogens is 2. The third-order valence-corrected chi connectivity index (χ3v) is 3.34. The second-order valence-corrected chi connectivity index (χ2v) is 4.98. The molecule has 19 heavy (non-hydrogen) atoms. The molecule has 0 spiro atoms. The van der Waals surface area contributed by atoms with Crippen LogP contribution in [0.25, 0.3) is 0 Å². The molecule has 0 radical (unpaired) electrons. The van der Waals surface area contributed by atoms with Gasteiger partial charge in [0.2, 0.25) is 0 Å². The van der Waals surface area contributed by atoms with Gasteiger partial charge in [0.25, 0.3) is 0 Å². The van der Waals surface area contributed by atoms with Crippen LogP contribution in [-0.2, 0) is 13.0 Å². The fraction of sp³-hybridized carbons (Fsp3) is 0.438. The van der Waals surface area contributed by atoms with Gasteiger partial charge in [-0.2, -0.15) is 5.10 Å². The maximum Gasteiger partial charge on any atom is 0.0521 e. The lowest BCUT2D eigenvalue weighted by Crippen LogP contribution is -2.19. The summed E-state index contributed by atoms with van der Waals surface area (Å²) >= 11 is 0. The molecule has 1 N–H and O–H groups in total. The Bertz CT molecular complexity index is 476. The molecule has 0 fully saturated rings. The fourth-order valence-electron chi connectivity index (χ4n) is 2.43. The summed E-state index contributed by atoms with van der Waals surface area (Å²) in [6.07, 6.45) is 6.34. The first kappa shape index (κ1) is 13.8. The van der Waals surface area contributed by atoms with Gasteiger partial charge in [-0.15, -0.1) is 0 Å². The van der Waals surface area contributed by atoms with Crippen LogP contribution in [0.4, 0.5) is 0 Å². The van der Waals surface area contributed by atoms with Gasteiger partial charge in [-0.1, -0.05) is 37.3 Å². The number of hydrogen-bond acceptors (Lipinski definition) is 2. The van der Waals surface area contributed by atoms with Crippen molar-refractivity contribution in [2.24, 2.45) is 0 Å². The zero-order chi connectivity index (χ0) is 13.5. The molecule has 1 atom stereocenters. The maximum absolute atomic E-state index is 4.41. The van der Waals surface area contributed by atoms with Gasteiger partial charge in [-0.05, 0) is 31.0 Å². The minimum absolute atomic E-state index is 0.505. The fourth-order valence-corrected chi connectivity index (χ4v) is 2.43. The molecular formula is C16H23N3. The molecule has 0 amide bonds. The highest BCUT2D eigenvalue weighted by Crippen LogP contribution is 2.20. The molecule has 0 aliphatic heterocycles. The van der Waals surface area contributed by atoms with Crippen LogP contribution in [0, 0.1) is 0 Å². The Morgan fingerprint density at radius 1 is 1.26 bits per heavy atom. The van der Waals surface area contributed by atoms with Crippen LogP contribution in [0.1, 0.15) is 30.4 Å². The van der Waals surface area contributed by atoms with Crippen LogP contribution < -0.4 is 5.32 Å². The lowest BCUT2D eigenvalue weighted by atomic mass is 9.93. The second-order valence-electron chi connectivity index (χ2n) is 4.98. The summed E-state index contributed by atoms with van der Waals surface area (Å²) in [5, 5.41) is 7.70. The van der Waals surface area contributed by atoms with Gasteiger partial charge in [-0.25, -0.2) is 0 Å². The average Bonchev–Trinajstić information content (AvgIpc) is 2.87. The Hall–Kier alpha value is -1.61. The van der Waals surface area contributed by atoms with Gasteiger partial charge in [0.15, 0.2) is 0 Å². The topological polar surface area (TPSA) is 29.9 Å². The van der Waals surface area contributed by atoms with Crippen LogP contribution in [0.3, 0.4) is 0 Å². The molecule has 1 aromatic carbocycles. The maximum atomic E-state index is 4.41. The number of likely N-dealkylation sites (N-methyl/N-ethyl adjacent to an activating group) is 1. The third kappa shape index (κ3) is 3.93. The number of hydrogen-bond donors (Lipinski definition) is 1. The average molecular weight is 257 g/mol. The van der Waals surface area contributed by atoms with E-state index in [1.54, 1.807) is 0 Å². The quantitative estimate of drug-likeness (QED) is 0.826. The highest BCUT2D eigenvalue weighted by atomic mass is 15.3. The molecular weight excluding hydrogens is 234 g/mol. The summed E-state index contributed by atoms with van der Waals surface area (Å²) in [6.45, 7) is 4.17. The first-order valence-electron chi connectivity index (χ1n) is 7.04. The van der Waals surface area contributed by atoms with Crippen LogP contribution in [-0.4, -0.2) is 23.4 Å². The van der Waals surface area contributed by atoms with Crippen molar-refractivity contribution in [3.63, 3.8) is 0 Å². The zero-order valence-corrected chi connectivity index (χ0v) is 11.8. The Labute approximate surface area is 115 Å². The minimum atomic E-state index is 0.505. The molecule has 3 nitrogen and oxygen atoms in total. The minimum Gasteiger partial charge on any atom is -0.319 e. The molecule has 2 rings (SSSR count). The van der Waals surface area contributed by atoms with Crippen molar-refractivity contribution in [3.05, 3.63) is 53.9 Å². The summed E-state index contributed by atoms with van der Waals surface area (Å²) in [7, 11) is 2.01. The van der Waals surface area contributed by atoms with Crippen molar-refractivity contribution in [3.8, 4) is 0 Å². The van der Waals surface area contributed by atoms with Crippen LogP contribution in [0.15, 0.2) is 42.7 Å². The second kappa shape index (κ2) is 7.10. The van der Waals surface area contributed by atoms with E-state index in [4.69, 9.17) is 0 Å². The first-order valence-corrected chi connectivity index (χ1v) is 7.04. The number of rotatable bonds is 7. The molecule has 1 aromatic heterocycles. The van der Waals surface area contributed by atoms with Crippen molar-refractivity contribution >= 4 is 0 Å². The lowest BCUT2D eigenvalue weighted by molar-refractivity contribution is 0.599. The molecule has 0 bridgehead atoms. The third-order valence-electron chi connectivity index (χ3n) is 3.34. The number of nitrogens with one attached hydrogen (secondary N) is 1. The summed E-state index contributed by atoms with van der Waals surface area (Å²) in [6, 6.07) is 10.7. The van der Waals surface area contributed by atoms with Crippen molar-refractivity contribution < 1.29 is 0 Å². The summed E-state index contributed by atoms with van der Waals surface area (Å²) in [4.78, 5) is 0. The Morgan fingerprint density at radius 3 is 2.74 bits per heavy atom. The SMILES string of the molecule is CCCn1cc(CC(CNC)c2ccccc2)cn1. The normalized spacial score (nSPS) is 12.5. The summed E-state index contributed by atoms with van der Waals surface area (Å²) < 4.78 is 2.04. The number of benzene rings is 1. The lowest BCUT2D eigenvalue weighted by Gasteiger charge is -2.16. The van der Waals surface area contributed by atoms with E-state index in [1.165, 1.54) is 11.1 Å². The van der Waals surface area contributed by atoms with Gasteiger partial charge >= 0.3 is 0 Å². The highest BCUT2D eigenvalue weighted by Gasteiger charge is 2.12. The van der Waals surface area contributed by atoms with E-state index in [-0.39, 0.29) is 0 Å². The van der Waals surface area contributed by atoms with Gasteiger partial charge < -0.3 is 5.32 Å². The molecule has 2 aromatic rings. The largest absolute Gasteiger partial charge is 0.319 e. The van der Waals surface area contributed by atoms with Crippen molar-refractivity contribution in [2.45, 2.75) is 32.2 Å². The summed E-state index contributed by atoms with van der Waals surface area (Å²) in [5.41, 5.74) is 2.71.